The predicted octanol–water partition coefficient (Wildman–Crippen LogP) is 2.15. The summed E-state index contributed by atoms with van der Waals surface area (Å²) in [5.74, 6) is 0.788. The molecule has 0 saturated heterocycles. The minimum atomic E-state index is -0.653. The van der Waals surface area contributed by atoms with Gasteiger partial charge in [-0.15, -0.1) is 0 Å². The zero-order valence-electron chi connectivity index (χ0n) is 8.62. The molecule has 0 heterocycles. The zero-order valence-corrected chi connectivity index (χ0v) is 8.62. The van der Waals surface area contributed by atoms with Gasteiger partial charge in [0.15, 0.2) is 5.78 Å². The van der Waals surface area contributed by atoms with Gasteiger partial charge in [-0.1, -0.05) is 26.7 Å². The number of Topliss-reactive ketones (excluding diaryl/α,β-unsaturated/α-hetero) is 1. The van der Waals surface area contributed by atoms with Crippen LogP contribution in [0.1, 0.15) is 46.0 Å². The van der Waals surface area contributed by atoms with Crippen molar-refractivity contribution in [1.29, 1.82) is 0 Å². The Hall–Kier alpha value is -0.370. The normalized spacial score (nSPS) is 21.2. The number of hydrogen-bond donors (Lipinski definition) is 1. The number of hydrogen-bond acceptors (Lipinski definition) is 2. The highest BCUT2D eigenvalue weighted by molar-refractivity contribution is 5.83. The second-order valence-electron chi connectivity index (χ2n) is 4.35. The SMILES string of the molecule is CCCC(C)CC(=O)C(O)C1CC1. The van der Waals surface area contributed by atoms with E-state index >= 15 is 0 Å². The molecule has 1 N–H and O–H groups in total. The van der Waals surface area contributed by atoms with Crippen LogP contribution in [0.5, 0.6) is 0 Å². The van der Waals surface area contributed by atoms with Crippen LogP contribution in [0.15, 0.2) is 0 Å². The van der Waals surface area contributed by atoms with Crippen LogP contribution in [-0.4, -0.2) is 17.0 Å². The molecule has 0 aromatic carbocycles. The molecule has 1 aliphatic carbocycles. The Balaban J connectivity index is 2.22. The van der Waals surface area contributed by atoms with Crippen LogP contribution in [0.25, 0.3) is 0 Å². The second-order valence-corrected chi connectivity index (χ2v) is 4.35. The van der Waals surface area contributed by atoms with E-state index in [1.165, 1.54) is 0 Å². The molecule has 0 aromatic heterocycles. The highest BCUT2D eigenvalue weighted by Gasteiger charge is 2.34. The molecule has 2 nitrogen and oxygen atoms in total. The molecule has 0 aromatic rings. The van der Waals surface area contributed by atoms with Gasteiger partial charge in [-0.2, -0.15) is 0 Å². The molecule has 1 rings (SSSR count). The molecular formula is C11H20O2. The number of ketones is 1. The third-order valence-electron chi connectivity index (χ3n) is 2.73. The first-order chi connectivity index (χ1) is 6.15. The Morgan fingerprint density at radius 1 is 1.54 bits per heavy atom. The lowest BCUT2D eigenvalue weighted by Gasteiger charge is -2.12. The van der Waals surface area contributed by atoms with Gasteiger partial charge in [-0.3, -0.25) is 4.79 Å². The lowest BCUT2D eigenvalue weighted by Crippen LogP contribution is -2.24. The van der Waals surface area contributed by atoms with Crippen molar-refractivity contribution in [3.05, 3.63) is 0 Å². The molecule has 2 unspecified atom stereocenters. The highest BCUT2D eigenvalue weighted by atomic mass is 16.3. The summed E-state index contributed by atoms with van der Waals surface area (Å²) < 4.78 is 0. The van der Waals surface area contributed by atoms with E-state index in [1.54, 1.807) is 0 Å². The molecular weight excluding hydrogens is 164 g/mol. The fourth-order valence-electron chi connectivity index (χ4n) is 1.73. The van der Waals surface area contributed by atoms with Crippen molar-refractivity contribution >= 4 is 5.78 Å². The van der Waals surface area contributed by atoms with Crippen molar-refractivity contribution in [3.8, 4) is 0 Å². The van der Waals surface area contributed by atoms with E-state index in [1.807, 2.05) is 0 Å². The Morgan fingerprint density at radius 2 is 2.15 bits per heavy atom. The molecule has 76 valence electrons. The minimum absolute atomic E-state index is 0.0588. The molecule has 0 bridgehead atoms. The largest absolute Gasteiger partial charge is 0.385 e. The Labute approximate surface area is 80.3 Å². The van der Waals surface area contributed by atoms with Crippen molar-refractivity contribution < 1.29 is 9.90 Å². The first kappa shape index (κ1) is 10.7. The lowest BCUT2D eigenvalue weighted by atomic mass is 9.96. The Bertz CT molecular complexity index is 173. The van der Waals surface area contributed by atoms with Crippen molar-refractivity contribution in [3.63, 3.8) is 0 Å². The number of aliphatic hydroxyl groups excluding tert-OH is 1. The van der Waals surface area contributed by atoms with Crippen molar-refractivity contribution in [2.24, 2.45) is 11.8 Å². The monoisotopic (exact) mass is 184 g/mol. The second kappa shape index (κ2) is 4.75. The van der Waals surface area contributed by atoms with Crippen LogP contribution < -0.4 is 0 Å². The average Bonchev–Trinajstić information content (AvgIpc) is 2.85. The predicted molar refractivity (Wildman–Crippen MR) is 52.4 cm³/mol. The molecule has 1 aliphatic rings. The third kappa shape index (κ3) is 3.47. The summed E-state index contributed by atoms with van der Waals surface area (Å²) in [6.07, 6.45) is 4.19. The van der Waals surface area contributed by atoms with E-state index < -0.39 is 6.10 Å². The summed E-state index contributed by atoms with van der Waals surface area (Å²) in [6, 6.07) is 0. The topological polar surface area (TPSA) is 37.3 Å². The van der Waals surface area contributed by atoms with Gasteiger partial charge in [-0.05, 0) is 24.7 Å². The van der Waals surface area contributed by atoms with Gasteiger partial charge in [-0.25, -0.2) is 0 Å². The maximum atomic E-state index is 11.5. The summed E-state index contributed by atoms with van der Waals surface area (Å²) in [6.45, 7) is 4.21. The smallest absolute Gasteiger partial charge is 0.161 e. The quantitative estimate of drug-likeness (QED) is 0.686. The summed E-state index contributed by atoms with van der Waals surface area (Å²) in [5, 5.41) is 9.53. The Kier molecular flexibility index (Phi) is 3.91. The van der Waals surface area contributed by atoms with Crippen molar-refractivity contribution in [1.82, 2.24) is 0 Å². The number of rotatable bonds is 6. The maximum Gasteiger partial charge on any atom is 0.161 e. The fraction of sp³-hybridized carbons (Fsp3) is 0.909. The van der Waals surface area contributed by atoms with Crippen LogP contribution in [0.4, 0.5) is 0 Å². The fourth-order valence-corrected chi connectivity index (χ4v) is 1.73. The van der Waals surface area contributed by atoms with Gasteiger partial charge in [0, 0.05) is 6.42 Å². The van der Waals surface area contributed by atoms with Crippen LogP contribution in [0.2, 0.25) is 0 Å². The van der Waals surface area contributed by atoms with Crippen LogP contribution in [0, 0.1) is 11.8 Å². The summed E-state index contributed by atoms with van der Waals surface area (Å²) >= 11 is 0. The summed E-state index contributed by atoms with van der Waals surface area (Å²) in [7, 11) is 0. The number of aliphatic hydroxyl groups is 1. The third-order valence-corrected chi connectivity index (χ3v) is 2.73. The molecule has 1 saturated carbocycles. The molecule has 2 heteroatoms. The molecule has 13 heavy (non-hydrogen) atoms. The zero-order chi connectivity index (χ0) is 9.84. The standard InChI is InChI=1S/C11H20O2/c1-3-4-8(2)7-10(12)11(13)9-5-6-9/h8-9,11,13H,3-7H2,1-2H3. The van der Waals surface area contributed by atoms with Crippen LogP contribution in [-0.2, 0) is 4.79 Å². The van der Waals surface area contributed by atoms with Crippen molar-refractivity contribution in [2.45, 2.75) is 52.1 Å². The molecule has 0 aliphatic heterocycles. The van der Waals surface area contributed by atoms with Crippen LogP contribution >= 0.6 is 0 Å². The van der Waals surface area contributed by atoms with Gasteiger partial charge in [0.2, 0.25) is 0 Å². The van der Waals surface area contributed by atoms with Crippen molar-refractivity contribution in [2.75, 3.05) is 0 Å². The van der Waals surface area contributed by atoms with E-state index in [0.29, 0.717) is 18.3 Å². The highest BCUT2D eigenvalue weighted by Crippen LogP contribution is 2.33. The van der Waals surface area contributed by atoms with Gasteiger partial charge in [0.05, 0.1) is 0 Å². The van der Waals surface area contributed by atoms with E-state index in [9.17, 15) is 9.90 Å². The maximum absolute atomic E-state index is 11.5. The Morgan fingerprint density at radius 3 is 2.62 bits per heavy atom. The first-order valence-electron chi connectivity index (χ1n) is 5.36. The van der Waals surface area contributed by atoms with Crippen LogP contribution in [0.3, 0.4) is 0 Å². The molecule has 0 radical (unpaired) electrons. The van der Waals surface area contributed by atoms with Gasteiger partial charge < -0.3 is 5.11 Å². The molecule has 0 amide bonds. The first-order valence-corrected chi connectivity index (χ1v) is 5.36. The minimum Gasteiger partial charge on any atom is -0.385 e. The van der Waals surface area contributed by atoms with Gasteiger partial charge in [0.1, 0.15) is 6.10 Å². The lowest BCUT2D eigenvalue weighted by molar-refractivity contribution is -0.129. The molecule has 1 fully saturated rings. The summed E-state index contributed by atoms with van der Waals surface area (Å²) in [4.78, 5) is 11.5. The van der Waals surface area contributed by atoms with Gasteiger partial charge >= 0.3 is 0 Å². The van der Waals surface area contributed by atoms with E-state index in [-0.39, 0.29) is 5.78 Å². The van der Waals surface area contributed by atoms with E-state index in [0.717, 1.165) is 25.7 Å². The van der Waals surface area contributed by atoms with Gasteiger partial charge in [0.25, 0.3) is 0 Å². The average molecular weight is 184 g/mol. The number of carbonyl (C=O) groups is 1. The number of carbonyl (C=O) groups excluding carboxylic acids is 1. The van der Waals surface area contributed by atoms with E-state index in [4.69, 9.17) is 0 Å². The summed E-state index contributed by atoms with van der Waals surface area (Å²) in [5.41, 5.74) is 0. The van der Waals surface area contributed by atoms with E-state index in [2.05, 4.69) is 13.8 Å². The molecule has 2 atom stereocenters. The molecule has 0 spiro atoms.